The molecule has 0 N–H and O–H groups in total. The Morgan fingerprint density at radius 3 is 1.96 bits per heavy atom. The van der Waals surface area contributed by atoms with Crippen LogP contribution >= 0.6 is 11.8 Å². The monoisotopic (exact) mass is 705 g/mol. The Morgan fingerprint density at radius 2 is 1.02 bits per heavy atom. The molecule has 0 saturated heterocycles. The van der Waals surface area contributed by atoms with Crippen LogP contribution in [0.1, 0.15) is 22.3 Å². The minimum Gasteiger partial charge on any atom is -0.456 e. The van der Waals surface area contributed by atoms with E-state index < -0.39 is 5.41 Å². The van der Waals surface area contributed by atoms with E-state index in [2.05, 4.69) is 187 Å². The molecular weight excluding hydrogens is 675 g/mol. The topological polar surface area (TPSA) is 16.4 Å². The molecule has 10 aromatic rings. The van der Waals surface area contributed by atoms with E-state index in [1.807, 2.05) is 17.8 Å². The van der Waals surface area contributed by atoms with Gasteiger partial charge in [0.05, 0.1) is 5.41 Å². The minimum absolute atomic E-state index is 0.532. The molecule has 1 spiro atoms. The fraction of sp³-hybridized carbons (Fsp3) is 0.0196. The first-order valence-corrected chi connectivity index (χ1v) is 19.3. The summed E-state index contributed by atoms with van der Waals surface area (Å²) < 4.78 is 6.48. The van der Waals surface area contributed by atoms with Gasteiger partial charge in [0, 0.05) is 43.7 Å². The summed E-state index contributed by atoms with van der Waals surface area (Å²) in [4.78, 5) is 4.97. The third kappa shape index (κ3) is 4.07. The summed E-state index contributed by atoms with van der Waals surface area (Å²) in [6.45, 7) is 0. The fourth-order valence-electron chi connectivity index (χ4n) is 9.43. The number of nitrogens with zero attached hydrogens (tertiary/aromatic N) is 1. The SMILES string of the molecule is c1ccc2c(c1)Sc1ccc(N(c3ccc4ccccc4c3)c3ccc4c(c3)oc3ccccc34)cc1C21c2ccccc2-c2cccc3cccc1c23. The summed E-state index contributed by atoms with van der Waals surface area (Å²) in [5.74, 6) is 0. The Morgan fingerprint density at radius 1 is 0.389 bits per heavy atom. The lowest BCUT2D eigenvalue weighted by Gasteiger charge is -2.46. The zero-order valence-electron chi connectivity index (χ0n) is 29.2. The van der Waals surface area contributed by atoms with Crippen molar-refractivity contribution in [2.45, 2.75) is 15.2 Å². The van der Waals surface area contributed by atoms with Gasteiger partial charge in [0.1, 0.15) is 11.2 Å². The van der Waals surface area contributed by atoms with Crippen LogP contribution in [0.25, 0.3) is 54.6 Å². The first kappa shape index (κ1) is 30.0. The van der Waals surface area contributed by atoms with Crippen LogP contribution in [0.4, 0.5) is 17.1 Å². The molecule has 252 valence electrons. The zero-order chi connectivity index (χ0) is 35.4. The molecule has 12 rings (SSSR count). The van der Waals surface area contributed by atoms with Gasteiger partial charge in [0.25, 0.3) is 0 Å². The van der Waals surface area contributed by atoms with Crippen molar-refractivity contribution in [3.63, 3.8) is 0 Å². The standard InChI is InChI=1S/C51H31NOS/c1-2-12-34-29-35(24-23-32(34)11-1)52(37-25-27-40-39-16-4-7-21-46(39)53-47(40)31-37)36-26-28-49-45(30-36)51(43-19-6-8-22-48(43)54-49)42-18-5-3-15-38(42)41-17-9-13-33-14-10-20-44(51)50(33)41/h1-31H. The molecule has 0 bridgehead atoms. The molecule has 1 aliphatic carbocycles. The lowest BCUT2D eigenvalue weighted by atomic mass is 9.59. The molecular formula is C51H31NOS. The van der Waals surface area contributed by atoms with E-state index in [4.69, 9.17) is 4.42 Å². The summed E-state index contributed by atoms with van der Waals surface area (Å²) in [5.41, 5.74) is 12.4. The molecule has 2 heterocycles. The van der Waals surface area contributed by atoms with Crippen LogP contribution in [0.5, 0.6) is 0 Å². The van der Waals surface area contributed by atoms with Crippen LogP contribution in [0.3, 0.4) is 0 Å². The highest BCUT2D eigenvalue weighted by Crippen LogP contribution is 2.62. The van der Waals surface area contributed by atoms with E-state index in [9.17, 15) is 0 Å². The molecule has 0 fully saturated rings. The van der Waals surface area contributed by atoms with Crippen LogP contribution in [0, 0.1) is 0 Å². The van der Waals surface area contributed by atoms with Gasteiger partial charge < -0.3 is 9.32 Å². The summed E-state index contributed by atoms with van der Waals surface area (Å²) >= 11 is 1.88. The maximum absolute atomic E-state index is 6.48. The summed E-state index contributed by atoms with van der Waals surface area (Å²) in [6.07, 6.45) is 0. The fourth-order valence-corrected chi connectivity index (χ4v) is 10.6. The number of fused-ring (bicyclic) bond motifs is 12. The second-order valence-corrected chi connectivity index (χ2v) is 15.5. The van der Waals surface area contributed by atoms with Gasteiger partial charge in [0.2, 0.25) is 0 Å². The second-order valence-electron chi connectivity index (χ2n) is 14.4. The first-order chi connectivity index (χ1) is 26.8. The van der Waals surface area contributed by atoms with Crippen molar-refractivity contribution < 1.29 is 4.42 Å². The third-order valence-electron chi connectivity index (χ3n) is 11.7. The average Bonchev–Trinajstić information content (AvgIpc) is 3.60. The predicted octanol–water partition coefficient (Wildman–Crippen LogP) is 14.2. The highest BCUT2D eigenvalue weighted by atomic mass is 32.2. The molecule has 2 aliphatic rings. The average molecular weight is 706 g/mol. The molecule has 54 heavy (non-hydrogen) atoms. The van der Waals surface area contributed by atoms with Crippen molar-refractivity contribution in [2.75, 3.05) is 4.90 Å². The van der Waals surface area contributed by atoms with Gasteiger partial charge in [-0.2, -0.15) is 0 Å². The van der Waals surface area contributed by atoms with Crippen molar-refractivity contribution >= 4 is 72.3 Å². The van der Waals surface area contributed by atoms with Gasteiger partial charge in [-0.15, -0.1) is 0 Å². The highest BCUT2D eigenvalue weighted by molar-refractivity contribution is 7.99. The highest BCUT2D eigenvalue weighted by Gasteiger charge is 2.48. The zero-order valence-corrected chi connectivity index (χ0v) is 30.0. The number of rotatable bonds is 3. The lowest BCUT2D eigenvalue weighted by Crippen LogP contribution is -2.36. The number of hydrogen-bond donors (Lipinski definition) is 0. The Kier molecular flexibility index (Phi) is 6.23. The number of hydrogen-bond acceptors (Lipinski definition) is 3. The molecule has 3 heteroatoms. The number of anilines is 3. The van der Waals surface area contributed by atoms with Crippen molar-refractivity contribution in [3.8, 4) is 11.1 Å². The second kappa shape index (κ2) is 11.2. The van der Waals surface area contributed by atoms with E-state index in [0.29, 0.717) is 0 Å². The van der Waals surface area contributed by atoms with Crippen molar-refractivity contribution in [2.24, 2.45) is 0 Å². The Labute approximate surface area is 316 Å². The van der Waals surface area contributed by atoms with Crippen molar-refractivity contribution in [1.82, 2.24) is 0 Å². The van der Waals surface area contributed by atoms with Gasteiger partial charge in [-0.1, -0.05) is 139 Å². The van der Waals surface area contributed by atoms with Crippen LogP contribution in [0.2, 0.25) is 0 Å². The van der Waals surface area contributed by atoms with Crippen molar-refractivity contribution in [3.05, 3.63) is 210 Å². The van der Waals surface area contributed by atoms with Gasteiger partial charge in [-0.05, 0) is 110 Å². The minimum atomic E-state index is -0.532. The molecule has 1 aliphatic heterocycles. The van der Waals surface area contributed by atoms with E-state index in [1.54, 1.807) is 0 Å². The lowest BCUT2D eigenvalue weighted by molar-refractivity contribution is 0.669. The van der Waals surface area contributed by atoms with E-state index in [-0.39, 0.29) is 0 Å². The van der Waals surface area contributed by atoms with Gasteiger partial charge >= 0.3 is 0 Å². The van der Waals surface area contributed by atoms with Gasteiger partial charge in [-0.25, -0.2) is 0 Å². The maximum atomic E-state index is 6.48. The normalized spacial score (nSPS) is 15.4. The summed E-state index contributed by atoms with van der Waals surface area (Å²) in [5, 5.41) is 7.27. The molecule has 2 nitrogen and oxygen atoms in total. The molecule has 1 aromatic heterocycles. The third-order valence-corrected chi connectivity index (χ3v) is 12.8. The largest absolute Gasteiger partial charge is 0.456 e. The van der Waals surface area contributed by atoms with E-state index in [1.165, 1.54) is 64.7 Å². The van der Waals surface area contributed by atoms with Gasteiger partial charge in [0.15, 0.2) is 0 Å². The first-order valence-electron chi connectivity index (χ1n) is 18.5. The predicted molar refractivity (Wildman–Crippen MR) is 225 cm³/mol. The Balaban J connectivity index is 1.17. The summed E-state index contributed by atoms with van der Waals surface area (Å²) in [7, 11) is 0. The molecule has 0 saturated carbocycles. The molecule has 1 unspecified atom stereocenters. The molecule has 9 aromatic carbocycles. The van der Waals surface area contributed by atoms with Crippen LogP contribution in [-0.4, -0.2) is 0 Å². The smallest absolute Gasteiger partial charge is 0.137 e. The van der Waals surface area contributed by atoms with Crippen LogP contribution < -0.4 is 4.90 Å². The van der Waals surface area contributed by atoms with E-state index in [0.717, 1.165) is 39.0 Å². The Bertz CT molecular complexity index is 3170. The van der Waals surface area contributed by atoms with Crippen LogP contribution in [0.15, 0.2) is 202 Å². The maximum Gasteiger partial charge on any atom is 0.137 e. The van der Waals surface area contributed by atoms with Crippen LogP contribution in [-0.2, 0) is 5.41 Å². The number of para-hydroxylation sites is 1. The number of furan rings is 1. The van der Waals surface area contributed by atoms with Crippen molar-refractivity contribution in [1.29, 1.82) is 0 Å². The molecule has 1 atom stereocenters. The number of benzene rings is 9. The van der Waals surface area contributed by atoms with E-state index >= 15 is 0 Å². The summed E-state index contributed by atoms with van der Waals surface area (Å²) in [6, 6.07) is 69.3. The molecule has 0 radical (unpaired) electrons. The Hall–Kier alpha value is -6.55. The molecule has 0 amide bonds. The quantitative estimate of drug-likeness (QED) is 0.182. The van der Waals surface area contributed by atoms with Gasteiger partial charge in [-0.3, -0.25) is 0 Å².